The molecule has 2 rings (SSSR count). The van der Waals surface area contributed by atoms with Crippen molar-refractivity contribution in [2.45, 2.75) is 19.4 Å². The molecule has 1 unspecified atom stereocenters. The summed E-state index contributed by atoms with van der Waals surface area (Å²) in [5.74, 6) is -1.62. The summed E-state index contributed by atoms with van der Waals surface area (Å²) in [6.07, 6.45) is -0.204. The third-order valence-corrected chi connectivity index (χ3v) is 3.25. The van der Waals surface area contributed by atoms with Gasteiger partial charge in [0.1, 0.15) is 6.61 Å². The number of fused-ring (bicyclic) bond motifs is 1. The van der Waals surface area contributed by atoms with Gasteiger partial charge in [-0.2, -0.15) is 0 Å². The van der Waals surface area contributed by atoms with Crippen LogP contribution in [-0.4, -0.2) is 34.9 Å². The van der Waals surface area contributed by atoms with Crippen LogP contribution in [0.25, 0.3) is 10.8 Å². The molecule has 2 aromatic rings. The minimum absolute atomic E-state index is 0.0790. The summed E-state index contributed by atoms with van der Waals surface area (Å²) in [7, 11) is 0. The molecule has 0 heterocycles. The SMILES string of the molecule is CCC(O)COC(=O)c1cccc2c(C(=O)O)cccc12. The normalized spacial score (nSPS) is 12.1. The van der Waals surface area contributed by atoms with Gasteiger partial charge in [0.25, 0.3) is 0 Å². The third kappa shape index (κ3) is 3.20. The summed E-state index contributed by atoms with van der Waals surface area (Å²) >= 11 is 0. The summed E-state index contributed by atoms with van der Waals surface area (Å²) in [4.78, 5) is 23.3. The number of aromatic carboxylic acids is 1. The molecule has 0 spiro atoms. The molecule has 0 aliphatic heterocycles. The van der Waals surface area contributed by atoms with Gasteiger partial charge >= 0.3 is 11.9 Å². The molecule has 0 amide bonds. The van der Waals surface area contributed by atoms with E-state index in [0.717, 1.165) is 0 Å². The number of carbonyl (C=O) groups is 2. The van der Waals surface area contributed by atoms with E-state index in [9.17, 15) is 19.8 Å². The molecular formula is C16H16O5. The number of carboxylic acids is 1. The molecule has 5 heteroatoms. The largest absolute Gasteiger partial charge is 0.478 e. The van der Waals surface area contributed by atoms with Gasteiger partial charge in [-0.3, -0.25) is 0 Å². The van der Waals surface area contributed by atoms with Crippen LogP contribution in [0.1, 0.15) is 34.1 Å². The van der Waals surface area contributed by atoms with Crippen LogP contribution in [-0.2, 0) is 4.74 Å². The first-order valence-corrected chi connectivity index (χ1v) is 6.64. The third-order valence-electron chi connectivity index (χ3n) is 3.25. The lowest BCUT2D eigenvalue weighted by atomic mass is 10.00. The van der Waals surface area contributed by atoms with E-state index in [-0.39, 0.29) is 12.2 Å². The predicted molar refractivity (Wildman–Crippen MR) is 77.5 cm³/mol. The van der Waals surface area contributed by atoms with E-state index < -0.39 is 18.0 Å². The number of hydrogen-bond acceptors (Lipinski definition) is 4. The molecule has 0 saturated heterocycles. The number of aliphatic hydroxyl groups excluding tert-OH is 1. The highest BCUT2D eigenvalue weighted by molar-refractivity contribution is 6.10. The molecular weight excluding hydrogens is 272 g/mol. The number of hydrogen-bond donors (Lipinski definition) is 2. The van der Waals surface area contributed by atoms with Gasteiger partial charge < -0.3 is 14.9 Å². The van der Waals surface area contributed by atoms with Crippen molar-refractivity contribution in [3.05, 3.63) is 47.5 Å². The Balaban J connectivity index is 2.39. The molecule has 2 N–H and O–H groups in total. The first kappa shape index (κ1) is 15.0. The maximum absolute atomic E-state index is 12.1. The zero-order valence-electron chi connectivity index (χ0n) is 11.6. The van der Waals surface area contributed by atoms with Crippen molar-refractivity contribution in [3.8, 4) is 0 Å². The van der Waals surface area contributed by atoms with Crippen LogP contribution in [0.5, 0.6) is 0 Å². The lowest BCUT2D eigenvalue weighted by Gasteiger charge is -2.11. The molecule has 110 valence electrons. The van der Waals surface area contributed by atoms with Crippen molar-refractivity contribution in [2.24, 2.45) is 0 Å². The second kappa shape index (κ2) is 6.37. The number of rotatable bonds is 5. The van der Waals surface area contributed by atoms with Gasteiger partial charge in [-0.15, -0.1) is 0 Å². The van der Waals surface area contributed by atoms with Crippen molar-refractivity contribution in [1.29, 1.82) is 0 Å². The van der Waals surface area contributed by atoms with Crippen LogP contribution in [0.15, 0.2) is 36.4 Å². The van der Waals surface area contributed by atoms with Gasteiger partial charge in [0.2, 0.25) is 0 Å². The number of aliphatic hydroxyl groups is 1. The highest BCUT2D eigenvalue weighted by Gasteiger charge is 2.16. The molecule has 1 atom stereocenters. The van der Waals surface area contributed by atoms with E-state index in [0.29, 0.717) is 22.8 Å². The van der Waals surface area contributed by atoms with Gasteiger partial charge in [0.05, 0.1) is 17.2 Å². The highest BCUT2D eigenvalue weighted by atomic mass is 16.5. The monoisotopic (exact) mass is 288 g/mol. The van der Waals surface area contributed by atoms with E-state index in [1.165, 1.54) is 6.07 Å². The highest BCUT2D eigenvalue weighted by Crippen LogP contribution is 2.23. The molecule has 5 nitrogen and oxygen atoms in total. The van der Waals surface area contributed by atoms with E-state index in [2.05, 4.69) is 0 Å². The average Bonchev–Trinajstić information content (AvgIpc) is 2.50. The lowest BCUT2D eigenvalue weighted by molar-refractivity contribution is 0.0252. The summed E-state index contributed by atoms with van der Waals surface area (Å²) in [6.45, 7) is 1.71. The number of carbonyl (C=O) groups excluding carboxylic acids is 1. The van der Waals surface area contributed by atoms with Crippen molar-refractivity contribution in [3.63, 3.8) is 0 Å². The van der Waals surface area contributed by atoms with Crippen LogP contribution >= 0.6 is 0 Å². The van der Waals surface area contributed by atoms with Crippen LogP contribution in [0.2, 0.25) is 0 Å². The van der Waals surface area contributed by atoms with Crippen molar-refractivity contribution in [2.75, 3.05) is 6.61 Å². The zero-order valence-corrected chi connectivity index (χ0v) is 11.6. The average molecular weight is 288 g/mol. The van der Waals surface area contributed by atoms with Gasteiger partial charge in [-0.1, -0.05) is 31.2 Å². The molecule has 0 aliphatic carbocycles. The van der Waals surface area contributed by atoms with Crippen LogP contribution in [0.3, 0.4) is 0 Å². The maximum atomic E-state index is 12.1. The molecule has 0 fully saturated rings. The first-order valence-electron chi connectivity index (χ1n) is 6.64. The summed E-state index contributed by atoms with van der Waals surface area (Å²) < 4.78 is 5.05. The molecule has 0 aromatic heterocycles. The Hall–Kier alpha value is -2.40. The number of esters is 1. The Morgan fingerprint density at radius 1 is 1.10 bits per heavy atom. The summed E-state index contributed by atoms with van der Waals surface area (Å²) in [5, 5.41) is 19.6. The fourth-order valence-electron chi connectivity index (χ4n) is 2.04. The van der Waals surface area contributed by atoms with Crippen molar-refractivity contribution >= 4 is 22.7 Å². The Kier molecular flexibility index (Phi) is 4.55. The fourth-order valence-corrected chi connectivity index (χ4v) is 2.04. The first-order chi connectivity index (χ1) is 10.0. The lowest BCUT2D eigenvalue weighted by Crippen LogP contribution is -2.17. The van der Waals surface area contributed by atoms with E-state index in [1.807, 2.05) is 0 Å². The van der Waals surface area contributed by atoms with Crippen LogP contribution in [0, 0.1) is 0 Å². The Labute approximate surface area is 121 Å². The van der Waals surface area contributed by atoms with Gasteiger partial charge in [0.15, 0.2) is 0 Å². The summed E-state index contributed by atoms with van der Waals surface area (Å²) in [5.41, 5.74) is 0.426. The minimum atomic E-state index is -1.05. The Morgan fingerprint density at radius 3 is 2.24 bits per heavy atom. The number of benzene rings is 2. The zero-order chi connectivity index (χ0) is 15.4. The van der Waals surface area contributed by atoms with Gasteiger partial charge in [-0.05, 0) is 29.3 Å². The van der Waals surface area contributed by atoms with Gasteiger partial charge in [-0.25, -0.2) is 9.59 Å². The van der Waals surface area contributed by atoms with E-state index in [4.69, 9.17) is 4.74 Å². The predicted octanol–water partition coefficient (Wildman–Crippen LogP) is 2.47. The van der Waals surface area contributed by atoms with E-state index in [1.54, 1.807) is 37.3 Å². The smallest absolute Gasteiger partial charge is 0.338 e. The summed E-state index contributed by atoms with van der Waals surface area (Å²) in [6, 6.07) is 9.59. The fraction of sp³-hybridized carbons (Fsp3) is 0.250. The van der Waals surface area contributed by atoms with Crippen LogP contribution < -0.4 is 0 Å². The topological polar surface area (TPSA) is 83.8 Å². The second-order valence-corrected chi connectivity index (χ2v) is 4.67. The molecule has 2 aromatic carbocycles. The van der Waals surface area contributed by atoms with Crippen molar-refractivity contribution in [1.82, 2.24) is 0 Å². The Morgan fingerprint density at radius 2 is 1.67 bits per heavy atom. The standard InChI is InChI=1S/C16H16O5/c1-2-10(17)9-21-16(20)14-8-4-5-11-12(14)6-3-7-13(11)15(18)19/h3-8,10,17H,2,9H2,1H3,(H,18,19). The molecule has 0 radical (unpaired) electrons. The molecule has 0 bridgehead atoms. The maximum Gasteiger partial charge on any atom is 0.338 e. The molecule has 0 aliphatic rings. The quantitative estimate of drug-likeness (QED) is 0.826. The molecule has 21 heavy (non-hydrogen) atoms. The van der Waals surface area contributed by atoms with Crippen molar-refractivity contribution < 1.29 is 24.5 Å². The second-order valence-electron chi connectivity index (χ2n) is 4.67. The van der Waals surface area contributed by atoms with Crippen LogP contribution in [0.4, 0.5) is 0 Å². The van der Waals surface area contributed by atoms with E-state index >= 15 is 0 Å². The van der Waals surface area contributed by atoms with Gasteiger partial charge in [0, 0.05) is 0 Å². The molecule has 0 saturated carbocycles. The Bertz CT molecular complexity index is 677. The number of carboxylic acid groups (broad SMARTS) is 1. The number of ether oxygens (including phenoxy) is 1. The minimum Gasteiger partial charge on any atom is -0.478 e.